The van der Waals surface area contributed by atoms with Crippen LogP contribution in [0.25, 0.3) is 0 Å². The van der Waals surface area contributed by atoms with Gasteiger partial charge in [0.15, 0.2) is 0 Å². The first-order valence-corrected chi connectivity index (χ1v) is 7.40. The van der Waals surface area contributed by atoms with Gasteiger partial charge in [0.2, 0.25) is 15.8 Å². The predicted octanol–water partition coefficient (Wildman–Crippen LogP) is 0.716. The third kappa shape index (κ3) is 2.65. The maximum absolute atomic E-state index is 13.3. The van der Waals surface area contributed by atoms with Gasteiger partial charge in [0.05, 0.1) is 9.82 Å². The van der Waals surface area contributed by atoms with E-state index in [0.29, 0.717) is 19.5 Å². The number of benzene rings is 1. The van der Waals surface area contributed by atoms with Crippen LogP contribution in [-0.4, -0.2) is 43.8 Å². The number of halogens is 1. The van der Waals surface area contributed by atoms with Crippen LogP contribution in [0.3, 0.4) is 0 Å². The molecule has 1 atom stereocenters. The fourth-order valence-electron chi connectivity index (χ4n) is 2.11. The molecule has 1 aliphatic heterocycles. The number of hydrogen-bond acceptors (Lipinski definition) is 5. The Morgan fingerprint density at radius 1 is 1.50 bits per heavy atom. The van der Waals surface area contributed by atoms with Crippen LogP contribution in [0.1, 0.15) is 6.42 Å². The minimum absolute atomic E-state index is 0.205. The molecular formula is C11H14FN3O4S. The quantitative estimate of drug-likeness (QED) is 0.653. The van der Waals surface area contributed by atoms with Crippen molar-refractivity contribution in [1.29, 1.82) is 0 Å². The largest absolute Gasteiger partial charge is 0.315 e. The highest BCUT2D eigenvalue weighted by atomic mass is 32.2. The van der Waals surface area contributed by atoms with Crippen LogP contribution in [0.4, 0.5) is 10.1 Å². The Hall–Kier alpha value is -1.58. The number of sulfonamides is 1. The number of likely N-dealkylation sites (N-methyl/N-ethyl adjacent to an activating group) is 1. The highest BCUT2D eigenvalue weighted by Gasteiger charge is 2.31. The molecule has 9 heteroatoms. The summed E-state index contributed by atoms with van der Waals surface area (Å²) in [6, 6.07) is 2.38. The SMILES string of the molecule is CN(C1CCNC1)S(=O)(=O)c1ccc(F)c([N+](=O)[O-])c1. The summed E-state index contributed by atoms with van der Waals surface area (Å²) < 4.78 is 39.1. The van der Waals surface area contributed by atoms with Gasteiger partial charge in [-0.3, -0.25) is 10.1 Å². The molecule has 0 aliphatic carbocycles. The normalized spacial score (nSPS) is 19.4. The lowest BCUT2D eigenvalue weighted by atomic mass is 10.3. The number of rotatable bonds is 4. The summed E-state index contributed by atoms with van der Waals surface area (Å²) in [6.45, 7) is 1.24. The number of nitrogens with zero attached hydrogens (tertiary/aromatic N) is 2. The molecule has 1 heterocycles. The highest BCUT2D eigenvalue weighted by Crippen LogP contribution is 2.25. The third-order valence-electron chi connectivity index (χ3n) is 3.34. The van der Waals surface area contributed by atoms with E-state index in [-0.39, 0.29) is 10.9 Å². The lowest BCUT2D eigenvalue weighted by Gasteiger charge is -2.23. The smallest absolute Gasteiger partial charge is 0.306 e. The van der Waals surface area contributed by atoms with E-state index in [0.717, 1.165) is 18.2 Å². The average molecular weight is 303 g/mol. The van der Waals surface area contributed by atoms with Crippen LogP contribution in [0.2, 0.25) is 0 Å². The second kappa shape index (κ2) is 5.43. The fourth-order valence-corrected chi connectivity index (χ4v) is 3.51. The third-order valence-corrected chi connectivity index (χ3v) is 5.25. The predicted molar refractivity (Wildman–Crippen MR) is 69.3 cm³/mol. The van der Waals surface area contributed by atoms with Crippen LogP contribution in [-0.2, 0) is 10.0 Å². The monoisotopic (exact) mass is 303 g/mol. The molecule has 1 saturated heterocycles. The molecule has 1 aliphatic rings. The molecule has 1 aromatic rings. The van der Waals surface area contributed by atoms with Crippen LogP contribution in [0, 0.1) is 15.9 Å². The van der Waals surface area contributed by atoms with Gasteiger partial charge in [0, 0.05) is 25.7 Å². The van der Waals surface area contributed by atoms with E-state index >= 15 is 0 Å². The van der Waals surface area contributed by atoms with Crippen molar-refractivity contribution in [2.24, 2.45) is 0 Å². The molecule has 0 bridgehead atoms. The van der Waals surface area contributed by atoms with E-state index in [1.54, 1.807) is 0 Å². The van der Waals surface area contributed by atoms with Crippen LogP contribution in [0.5, 0.6) is 0 Å². The summed E-state index contributed by atoms with van der Waals surface area (Å²) in [6.07, 6.45) is 0.666. The molecule has 7 nitrogen and oxygen atoms in total. The summed E-state index contributed by atoms with van der Waals surface area (Å²) in [5, 5.41) is 13.7. The van der Waals surface area contributed by atoms with E-state index in [1.165, 1.54) is 11.4 Å². The van der Waals surface area contributed by atoms with Gasteiger partial charge in [-0.15, -0.1) is 0 Å². The lowest BCUT2D eigenvalue weighted by Crippen LogP contribution is -2.38. The van der Waals surface area contributed by atoms with Gasteiger partial charge in [0.25, 0.3) is 0 Å². The molecule has 0 saturated carbocycles. The number of hydrogen-bond donors (Lipinski definition) is 1. The zero-order valence-electron chi connectivity index (χ0n) is 10.7. The molecule has 1 fully saturated rings. The topological polar surface area (TPSA) is 92.6 Å². The molecule has 20 heavy (non-hydrogen) atoms. The Morgan fingerprint density at radius 2 is 2.20 bits per heavy atom. The first-order chi connectivity index (χ1) is 9.34. The average Bonchev–Trinajstić information content (AvgIpc) is 2.91. The summed E-state index contributed by atoms with van der Waals surface area (Å²) in [5.74, 6) is -1.06. The first-order valence-electron chi connectivity index (χ1n) is 5.96. The Balaban J connectivity index is 2.38. The van der Waals surface area contributed by atoms with Crippen molar-refractivity contribution in [3.8, 4) is 0 Å². The van der Waals surface area contributed by atoms with Crippen LogP contribution < -0.4 is 5.32 Å². The second-order valence-electron chi connectivity index (χ2n) is 4.54. The van der Waals surface area contributed by atoms with E-state index in [4.69, 9.17) is 0 Å². The fraction of sp³-hybridized carbons (Fsp3) is 0.455. The van der Waals surface area contributed by atoms with E-state index in [1.807, 2.05) is 0 Å². The van der Waals surface area contributed by atoms with Crippen LogP contribution >= 0.6 is 0 Å². The molecule has 0 radical (unpaired) electrons. The molecular weight excluding hydrogens is 289 g/mol. The minimum Gasteiger partial charge on any atom is -0.315 e. The standard InChI is InChI=1S/C11H14FN3O4S/c1-14(8-4-5-13-7-8)20(18,19)9-2-3-10(12)11(6-9)15(16)17/h2-3,6,8,13H,4-5,7H2,1H3. The van der Waals surface area contributed by atoms with Crippen molar-refractivity contribution >= 4 is 15.7 Å². The van der Waals surface area contributed by atoms with Gasteiger partial charge in [-0.2, -0.15) is 8.70 Å². The molecule has 1 aromatic carbocycles. The summed E-state index contributed by atoms with van der Waals surface area (Å²) in [7, 11) is -2.45. The van der Waals surface area contributed by atoms with Crippen molar-refractivity contribution in [3.05, 3.63) is 34.1 Å². The molecule has 1 N–H and O–H groups in total. The summed E-state index contributed by atoms with van der Waals surface area (Å²) in [4.78, 5) is 9.46. The summed E-state index contributed by atoms with van der Waals surface area (Å²) >= 11 is 0. The van der Waals surface area contributed by atoms with Gasteiger partial charge in [-0.25, -0.2) is 8.42 Å². The summed E-state index contributed by atoms with van der Waals surface area (Å²) in [5.41, 5.74) is -0.843. The Bertz CT molecular complexity index is 629. The maximum atomic E-state index is 13.3. The lowest BCUT2D eigenvalue weighted by molar-refractivity contribution is -0.387. The molecule has 0 amide bonds. The van der Waals surface area contributed by atoms with Gasteiger partial charge in [-0.05, 0) is 25.1 Å². The molecule has 2 rings (SSSR count). The van der Waals surface area contributed by atoms with Crippen molar-refractivity contribution in [2.45, 2.75) is 17.4 Å². The van der Waals surface area contributed by atoms with Gasteiger partial charge in [-0.1, -0.05) is 0 Å². The molecule has 110 valence electrons. The van der Waals surface area contributed by atoms with Crippen molar-refractivity contribution in [3.63, 3.8) is 0 Å². The molecule has 0 spiro atoms. The van der Waals surface area contributed by atoms with Crippen molar-refractivity contribution in [1.82, 2.24) is 9.62 Å². The van der Waals surface area contributed by atoms with Crippen molar-refractivity contribution in [2.75, 3.05) is 20.1 Å². The highest BCUT2D eigenvalue weighted by molar-refractivity contribution is 7.89. The Morgan fingerprint density at radius 3 is 2.75 bits per heavy atom. The van der Waals surface area contributed by atoms with Crippen molar-refractivity contribution < 1.29 is 17.7 Å². The second-order valence-corrected chi connectivity index (χ2v) is 6.54. The Labute approximate surface area is 115 Å². The first kappa shape index (κ1) is 14.8. The van der Waals surface area contributed by atoms with E-state index < -0.39 is 26.5 Å². The van der Waals surface area contributed by atoms with E-state index in [9.17, 15) is 22.9 Å². The molecule has 0 aromatic heterocycles. The minimum atomic E-state index is -3.87. The Kier molecular flexibility index (Phi) is 4.02. The number of nitro benzene ring substituents is 1. The van der Waals surface area contributed by atoms with Gasteiger partial charge < -0.3 is 5.32 Å². The maximum Gasteiger partial charge on any atom is 0.306 e. The number of nitrogens with one attached hydrogen (secondary N) is 1. The zero-order chi connectivity index (χ0) is 14.9. The zero-order valence-corrected chi connectivity index (χ0v) is 11.6. The van der Waals surface area contributed by atoms with Gasteiger partial charge in [0.1, 0.15) is 0 Å². The van der Waals surface area contributed by atoms with E-state index in [2.05, 4.69) is 5.32 Å². The molecule has 1 unspecified atom stereocenters. The van der Waals surface area contributed by atoms with Crippen LogP contribution in [0.15, 0.2) is 23.1 Å². The number of nitro groups is 1. The van der Waals surface area contributed by atoms with Gasteiger partial charge >= 0.3 is 5.69 Å².